The van der Waals surface area contributed by atoms with Crippen LogP contribution in [0.3, 0.4) is 0 Å². The van der Waals surface area contributed by atoms with Gasteiger partial charge in [-0.25, -0.2) is 9.97 Å². The highest BCUT2D eigenvalue weighted by atomic mass is 14.8. The zero-order valence-corrected chi connectivity index (χ0v) is 8.04. The Morgan fingerprint density at radius 2 is 1.92 bits per heavy atom. The van der Waals surface area contributed by atoms with Crippen LogP contribution in [0.5, 0.6) is 0 Å². The molecule has 1 fully saturated rings. The molecule has 2 rings (SSSR count). The van der Waals surface area contributed by atoms with Crippen molar-refractivity contribution in [3.05, 3.63) is 23.8 Å². The first kappa shape index (κ1) is 9.17. The van der Waals surface area contributed by atoms with Gasteiger partial charge in [-0.1, -0.05) is 13.8 Å². The van der Waals surface area contributed by atoms with Crippen molar-refractivity contribution in [3.63, 3.8) is 0 Å². The van der Waals surface area contributed by atoms with Crippen LogP contribution in [-0.4, -0.2) is 9.97 Å². The smallest absolute Gasteiger partial charge is 0.115 e. The highest BCUT2D eigenvalue weighted by Gasteiger charge is 2.24. The molecule has 12 heavy (non-hydrogen) atoms. The zero-order chi connectivity index (χ0) is 8.97. The molecule has 1 aromatic heterocycles. The van der Waals surface area contributed by atoms with Gasteiger partial charge in [0, 0.05) is 17.3 Å². The summed E-state index contributed by atoms with van der Waals surface area (Å²) in [5.74, 6) is 0.752. The Kier molecular flexibility index (Phi) is 3.20. The molecule has 66 valence electrons. The van der Waals surface area contributed by atoms with Crippen molar-refractivity contribution in [1.29, 1.82) is 0 Å². The van der Waals surface area contributed by atoms with Gasteiger partial charge in [-0.15, -0.1) is 0 Å². The van der Waals surface area contributed by atoms with Crippen molar-refractivity contribution in [2.75, 3.05) is 0 Å². The Morgan fingerprint density at radius 3 is 2.42 bits per heavy atom. The summed E-state index contributed by atoms with van der Waals surface area (Å²) in [7, 11) is 0. The fourth-order valence-corrected chi connectivity index (χ4v) is 1.08. The van der Waals surface area contributed by atoms with Crippen LogP contribution in [0.4, 0.5) is 0 Å². The van der Waals surface area contributed by atoms with Crippen LogP contribution in [0.2, 0.25) is 0 Å². The maximum Gasteiger partial charge on any atom is 0.115 e. The lowest BCUT2D eigenvalue weighted by molar-refractivity contribution is 0.965. The molecule has 1 aliphatic carbocycles. The second-order valence-corrected chi connectivity index (χ2v) is 2.86. The molecule has 0 N–H and O–H groups in total. The molecule has 0 aliphatic heterocycles. The predicted molar refractivity (Wildman–Crippen MR) is 50.1 cm³/mol. The van der Waals surface area contributed by atoms with Gasteiger partial charge in [0.1, 0.15) is 6.33 Å². The van der Waals surface area contributed by atoms with Gasteiger partial charge in [-0.3, -0.25) is 0 Å². The van der Waals surface area contributed by atoms with E-state index in [0.29, 0.717) is 0 Å². The SMILES string of the molecule is CC.Cc1cc(C2CC2)ncn1. The number of aromatic nitrogens is 2. The molecular weight excluding hydrogens is 148 g/mol. The summed E-state index contributed by atoms with van der Waals surface area (Å²) in [5, 5.41) is 0. The molecule has 2 heteroatoms. The molecule has 0 aromatic carbocycles. The van der Waals surface area contributed by atoms with Gasteiger partial charge < -0.3 is 0 Å². The average Bonchev–Trinajstić information content (AvgIpc) is 2.90. The fraction of sp³-hybridized carbons (Fsp3) is 0.600. The summed E-state index contributed by atoms with van der Waals surface area (Å²) in [6.45, 7) is 6.01. The fourth-order valence-electron chi connectivity index (χ4n) is 1.08. The largest absolute Gasteiger partial charge is 0.242 e. The Morgan fingerprint density at radius 1 is 1.25 bits per heavy atom. The third-order valence-electron chi connectivity index (χ3n) is 1.82. The lowest BCUT2D eigenvalue weighted by atomic mass is 10.2. The lowest BCUT2D eigenvalue weighted by Crippen LogP contribution is -1.89. The van der Waals surface area contributed by atoms with Gasteiger partial charge in [0.2, 0.25) is 0 Å². The molecular formula is C10H16N2. The molecule has 0 radical (unpaired) electrons. The Balaban J connectivity index is 0.000000336. The van der Waals surface area contributed by atoms with Crippen LogP contribution in [0.15, 0.2) is 12.4 Å². The molecule has 0 amide bonds. The van der Waals surface area contributed by atoms with Gasteiger partial charge in [-0.2, -0.15) is 0 Å². The number of hydrogen-bond donors (Lipinski definition) is 0. The topological polar surface area (TPSA) is 25.8 Å². The van der Waals surface area contributed by atoms with Crippen molar-refractivity contribution in [3.8, 4) is 0 Å². The molecule has 1 aromatic rings. The third-order valence-corrected chi connectivity index (χ3v) is 1.82. The third kappa shape index (κ3) is 2.29. The molecule has 2 nitrogen and oxygen atoms in total. The molecule has 0 bridgehead atoms. The summed E-state index contributed by atoms with van der Waals surface area (Å²) in [4.78, 5) is 8.23. The minimum Gasteiger partial charge on any atom is -0.242 e. The first-order chi connectivity index (χ1) is 5.86. The van der Waals surface area contributed by atoms with Gasteiger partial charge >= 0.3 is 0 Å². The van der Waals surface area contributed by atoms with E-state index in [4.69, 9.17) is 0 Å². The number of aryl methyl sites for hydroxylation is 1. The first-order valence-corrected chi connectivity index (χ1v) is 4.65. The van der Waals surface area contributed by atoms with E-state index in [9.17, 15) is 0 Å². The molecule has 1 aliphatic rings. The highest BCUT2D eigenvalue weighted by Crippen LogP contribution is 2.38. The summed E-state index contributed by atoms with van der Waals surface area (Å²) in [6.07, 6.45) is 4.29. The molecule has 0 atom stereocenters. The van der Waals surface area contributed by atoms with Gasteiger partial charge in [0.15, 0.2) is 0 Å². The second kappa shape index (κ2) is 4.19. The minimum atomic E-state index is 0.752. The van der Waals surface area contributed by atoms with E-state index < -0.39 is 0 Å². The monoisotopic (exact) mass is 164 g/mol. The maximum atomic E-state index is 4.19. The van der Waals surface area contributed by atoms with Crippen LogP contribution in [0.1, 0.15) is 44.0 Å². The van der Waals surface area contributed by atoms with Gasteiger partial charge in [0.25, 0.3) is 0 Å². The van der Waals surface area contributed by atoms with E-state index in [1.54, 1.807) is 6.33 Å². The number of rotatable bonds is 1. The van der Waals surface area contributed by atoms with E-state index in [0.717, 1.165) is 11.6 Å². The summed E-state index contributed by atoms with van der Waals surface area (Å²) < 4.78 is 0. The lowest BCUT2D eigenvalue weighted by Gasteiger charge is -1.95. The molecule has 0 spiro atoms. The van der Waals surface area contributed by atoms with Crippen LogP contribution >= 0.6 is 0 Å². The normalized spacial score (nSPS) is 14.9. The van der Waals surface area contributed by atoms with Crippen LogP contribution in [-0.2, 0) is 0 Å². The highest BCUT2D eigenvalue weighted by molar-refractivity contribution is 5.15. The van der Waals surface area contributed by atoms with E-state index in [2.05, 4.69) is 16.0 Å². The zero-order valence-electron chi connectivity index (χ0n) is 8.04. The predicted octanol–water partition coefficient (Wildman–Crippen LogP) is 2.69. The number of hydrogen-bond acceptors (Lipinski definition) is 2. The number of nitrogens with zero attached hydrogens (tertiary/aromatic N) is 2. The van der Waals surface area contributed by atoms with Crippen molar-refractivity contribution in [2.45, 2.75) is 39.5 Å². The second-order valence-electron chi connectivity index (χ2n) is 2.86. The quantitative estimate of drug-likeness (QED) is 0.637. The average molecular weight is 164 g/mol. The molecule has 0 saturated heterocycles. The van der Waals surface area contributed by atoms with E-state index in [1.807, 2.05) is 20.8 Å². The van der Waals surface area contributed by atoms with E-state index in [-0.39, 0.29) is 0 Å². The van der Waals surface area contributed by atoms with Crippen molar-refractivity contribution in [2.24, 2.45) is 0 Å². The standard InChI is InChI=1S/C8H10N2.C2H6/c1-6-4-8(7-2-3-7)10-5-9-6;1-2/h4-5,7H,2-3H2,1H3;1-2H3. The summed E-state index contributed by atoms with van der Waals surface area (Å²) >= 11 is 0. The van der Waals surface area contributed by atoms with Crippen molar-refractivity contribution < 1.29 is 0 Å². The molecule has 1 heterocycles. The van der Waals surface area contributed by atoms with Gasteiger partial charge in [-0.05, 0) is 25.8 Å². The molecule has 0 unspecified atom stereocenters. The summed E-state index contributed by atoms with van der Waals surface area (Å²) in [6, 6.07) is 2.08. The molecule has 1 saturated carbocycles. The minimum absolute atomic E-state index is 0.752. The van der Waals surface area contributed by atoms with Crippen molar-refractivity contribution in [1.82, 2.24) is 9.97 Å². The maximum absolute atomic E-state index is 4.19. The van der Waals surface area contributed by atoms with E-state index in [1.165, 1.54) is 18.5 Å². The Hall–Kier alpha value is -0.920. The summed E-state index contributed by atoms with van der Waals surface area (Å²) in [5.41, 5.74) is 2.31. The Bertz CT molecular complexity index is 241. The van der Waals surface area contributed by atoms with E-state index >= 15 is 0 Å². The van der Waals surface area contributed by atoms with Crippen LogP contribution < -0.4 is 0 Å². The van der Waals surface area contributed by atoms with Crippen LogP contribution in [0.25, 0.3) is 0 Å². The Labute approximate surface area is 74.1 Å². The first-order valence-electron chi connectivity index (χ1n) is 4.65. The van der Waals surface area contributed by atoms with Gasteiger partial charge in [0.05, 0.1) is 0 Å². The van der Waals surface area contributed by atoms with Crippen molar-refractivity contribution >= 4 is 0 Å². The van der Waals surface area contributed by atoms with Crippen LogP contribution in [0, 0.1) is 6.92 Å².